The highest BCUT2D eigenvalue weighted by Gasteiger charge is 2.25. The molecular formula is C7H9NO. The zero-order valence-electron chi connectivity index (χ0n) is 5.21. The first-order chi connectivity index (χ1) is 4.38. The normalized spacial score (nSPS) is 33.7. The maximum absolute atomic E-state index is 10.2. The van der Waals surface area contributed by atoms with E-state index in [0.717, 1.165) is 25.5 Å². The van der Waals surface area contributed by atoms with Crippen LogP contribution in [0.2, 0.25) is 0 Å². The van der Waals surface area contributed by atoms with Gasteiger partial charge in [-0.1, -0.05) is 6.42 Å². The molecule has 2 heteroatoms. The smallest absolute Gasteiger partial charge is 0.124 e. The quantitative estimate of drug-likeness (QED) is 0.490. The van der Waals surface area contributed by atoms with Crippen LogP contribution in [0.3, 0.4) is 0 Å². The van der Waals surface area contributed by atoms with Crippen molar-refractivity contribution in [1.82, 2.24) is 0 Å². The van der Waals surface area contributed by atoms with E-state index >= 15 is 0 Å². The van der Waals surface area contributed by atoms with Crippen molar-refractivity contribution < 1.29 is 4.79 Å². The molecule has 0 spiro atoms. The van der Waals surface area contributed by atoms with E-state index in [1.807, 2.05) is 0 Å². The zero-order chi connectivity index (χ0) is 6.69. The van der Waals surface area contributed by atoms with Crippen molar-refractivity contribution in [2.45, 2.75) is 19.3 Å². The molecule has 2 atom stereocenters. The second kappa shape index (κ2) is 2.63. The second-order valence-corrected chi connectivity index (χ2v) is 2.47. The molecule has 0 saturated heterocycles. The molecule has 0 aliphatic heterocycles. The van der Waals surface area contributed by atoms with Crippen LogP contribution in [0.5, 0.6) is 0 Å². The maximum atomic E-state index is 10.2. The Morgan fingerprint density at radius 2 is 2.33 bits per heavy atom. The van der Waals surface area contributed by atoms with Gasteiger partial charge >= 0.3 is 0 Å². The topological polar surface area (TPSA) is 40.9 Å². The van der Waals surface area contributed by atoms with E-state index in [9.17, 15) is 4.79 Å². The molecule has 0 amide bonds. The molecule has 0 aromatic carbocycles. The highest BCUT2D eigenvalue weighted by Crippen LogP contribution is 2.28. The third-order valence-electron chi connectivity index (χ3n) is 1.91. The van der Waals surface area contributed by atoms with Gasteiger partial charge in [-0.15, -0.1) is 0 Å². The van der Waals surface area contributed by atoms with E-state index in [0.29, 0.717) is 0 Å². The highest BCUT2D eigenvalue weighted by molar-refractivity contribution is 5.55. The van der Waals surface area contributed by atoms with Crippen LogP contribution in [0, 0.1) is 23.2 Å². The van der Waals surface area contributed by atoms with Gasteiger partial charge in [0.15, 0.2) is 0 Å². The molecule has 0 N–H and O–H groups in total. The van der Waals surface area contributed by atoms with Gasteiger partial charge in [-0.25, -0.2) is 0 Å². The van der Waals surface area contributed by atoms with Crippen molar-refractivity contribution in [3.05, 3.63) is 0 Å². The lowest BCUT2D eigenvalue weighted by atomic mass is 10.00. The third-order valence-corrected chi connectivity index (χ3v) is 1.91. The Morgan fingerprint density at radius 1 is 1.56 bits per heavy atom. The van der Waals surface area contributed by atoms with Gasteiger partial charge in [-0.05, 0) is 12.8 Å². The summed E-state index contributed by atoms with van der Waals surface area (Å²) in [7, 11) is 0. The fourth-order valence-corrected chi connectivity index (χ4v) is 1.31. The standard InChI is InChI=1S/C7H9NO/c8-4-6-2-1-3-7(6)5-9/h5-7H,1-3H2. The average Bonchev–Trinajstić information content (AvgIpc) is 2.33. The van der Waals surface area contributed by atoms with Gasteiger partial charge in [0.25, 0.3) is 0 Å². The van der Waals surface area contributed by atoms with Gasteiger partial charge < -0.3 is 4.79 Å². The van der Waals surface area contributed by atoms with Crippen LogP contribution in [0.25, 0.3) is 0 Å². The predicted molar refractivity (Wildman–Crippen MR) is 32.5 cm³/mol. The Hall–Kier alpha value is -0.840. The van der Waals surface area contributed by atoms with E-state index in [1.165, 1.54) is 0 Å². The minimum absolute atomic E-state index is 0.0162. The van der Waals surface area contributed by atoms with Gasteiger partial charge in [0.1, 0.15) is 6.29 Å². The molecule has 1 rings (SSSR count). The molecule has 1 fully saturated rings. The monoisotopic (exact) mass is 123 g/mol. The Morgan fingerprint density at radius 3 is 2.78 bits per heavy atom. The first kappa shape index (κ1) is 6.28. The summed E-state index contributed by atoms with van der Waals surface area (Å²) in [5, 5.41) is 8.46. The molecule has 1 aliphatic carbocycles. The van der Waals surface area contributed by atoms with Crippen molar-refractivity contribution in [3.8, 4) is 6.07 Å². The molecule has 1 aliphatic rings. The number of hydrogen-bond donors (Lipinski definition) is 0. The summed E-state index contributed by atoms with van der Waals surface area (Å²) in [6.07, 6.45) is 3.80. The lowest BCUT2D eigenvalue weighted by molar-refractivity contribution is -0.111. The molecule has 2 unspecified atom stereocenters. The summed E-state index contributed by atoms with van der Waals surface area (Å²) in [5.74, 6) is 0.0532. The summed E-state index contributed by atoms with van der Waals surface area (Å²) >= 11 is 0. The van der Waals surface area contributed by atoms with Gasteiger partial charge in [0.2, 0.25) is 0 Å². The van der Waals surface area contributed by atoms with Crippen LogP contribution < -0.4 is 0 Å². The fourth-order valence-electron chi connectivity index (χ4n) is 1.31. The molecule has 0 heterocycles. The number of rotatable bonds is 1. The first-order valence-corrected chi connectivity index (χ1v) is 3.23. The summed E-state index contributed by atoms with van der Waals surface area (Å²) in [6, 6.07) is 2.13. The molecule has 1 saturated carbocycles. The lowest BCUT2D eigenvalue weighted by Crippen LogP contribution is -2.05. The van der Waals surface area contributed by atoms with Crippen LogP contribution in [-0.4, -0.2) is 6.29 Å². The number of carbonyl (C=O) groups excluding carboxylic acids is 1. The number of carbonyl (C=O) groups is 1. The van der Waals surface area contributed by atoms with E-state index in [2.05, 4.69) is 6.07 Å². The Balaban J connectivity index is 2.53. The van der Waals surface area contributed by atoms with Gasteiger partial charge in [0.05, 0.1) is 12.0 Å². The minimum Gasteiger partial charge on any atom is -0.303 e. The average molecular weight is 123 g/mol. The second-order valence-electron chi connectivity index (χ2n) is 2.47. The van der Waals surface area contributed by atoms with Gasteiger partial charge in [-0.3, -0.25) is 0 Å². The van der Waals surface area contributed by atoms with Crippen molar-refractivity contribution in [3.63, 3.8) is 0 Å². The highest BCUT2D eigenvalue weighted by atomic mass is 16.1. The van der Waals surface area contributed by atoms with Crippen molar-refractivity contribution in [2.24, 2.45) is 11.8 Å². The third kappa shape index (κ3) is 1.10. The number of nitriles is 1. The molecule has 2 nitrogen and oxygen atoms in total. The molecule has 0 bridgehead atoms. The van der Waals surface area contributed by atoms with E-state index in [4.69, 9.17) is 5.26 Å². The number of hydrogen-bond acceptors (Lipinski definition) is 2. The van der Waals surface area contributed by atoms with E-state index in [1.54, 1.807) is 0 Å². The molecular weight excluding hydrogens is 114 g/mol. The predicted octanol–water partition coefficient (Wildman–Crippen LogP) is 1.13. The summed E-state index contributed by atoms with van der Waals surface area (Å²) in [4.78, 5) is 10.2. The molecule has 9 heavy (non-hydrogen) atoms. The summed E-state index contributed by atoms with van der Waals surface area (Å²) in [6.45, 7) is 0. The van der Waals surface area contributed by atoms with Crippen LogP contribution in [0.15, 0.2) is 0 Å². The zero-order valence-corrected chi connectivity index (χ0v) is 5.21. The van der Waals surface area contributed by atoms with Gasteiger partial charge in [-0.2, -0.15) is 5.26 Å². The minimum atomic E-state index is 0.0162. The Bertz CT molecular complexity index is 147. The maximum Gasteiger partial charge on any atom is 0.124 e. The molecule has 48 valence electrons. The van der Waals surface area contributed by atoms with Crippen LogP contribution >= 0.6 is 0 Å². The fraction of sp³-hybridized carbons (Fsp3) is 0.714. The largest absolute Gasteiger partial charge is 0.303 e. The number of nitrogens with zero attached hydrogens (tertiary/aromatic N) is 1. The Labute approximate surface area is 54.5 Å². The lowest BCUT2D eigenvalue weighted by Gasteiger charge is -2.00. The van der Waals surface area contributed by atoms with Crippen LogP contribution in [0.1, 0.15) is 19.3 Å². The van der Waals surface area contributed by atoms with Crippen LogP contribution in [-0.2, 0) is 4.79 Å². The van der Waals surface area contributed by atoms with Crippen molar-refractivity contribution in [2.75, 3.05) is 0 Å². The van der Waals surface area contributed by atoms with E-state index in [-0.39, 0.29) is 11.8 Å². The number of aldehydes is 1. The van der Waals surface area contributed by atoms with Crippen LogP contribution in [0.4, 0.5) is 0 Å². The molecule has 0 aromatic rings. The first-order valence-electron chi connectivity index (χ1n) is 3.23. The van der Waals surface area contributed by atoms with Gasteiger partial charge in [0, 0.05) is 5.92 Å². The Kier molecular flexibility index (Phi) is 1.84. The summed E-state index contributed by atoms with van der Waals surface area (Å²) in [5.41, 5.74) is 0. The van der Waals surface area contributed by atoms with Crippen molar-refractivity contribution in [1.29, 1.82) is 5.26 Å². The molecule has 0 radical (unpaired) electrons. The van der Waals surface area contributed by atoms with E-state index < -0.39 is 0 Å². The molecule has 0 aromatic heterocycles. The SMILES string of the molecule is N#CC1CCCC1C=O. The van der Waals surface area contributed by atoms with Crippen molar-refractivity contribution >= 4 is 6.29 Å². The summed E-state index contributed by atoms with van der Waals surface area (Å²) < 4.78 is 0.